The van der Waals surface area contributed by atoms with Crippen molar-refractivity contribution in [3.8, 4) is 5.75 Å². The molecule has 0 radical (unpaired) electrons. The molecule has 1 fully saturated rings. The molecule has 0 amide bonds. The third-order valence-electron chi connectivity index (χ3n) is 4.30. The lowest BCUT2D eigenvalue weighted by molar-refractivity contribution is -0.151. The summed E-state index contributed by atoms with van der Waals surface area (Å²) in [4.78, 5) is 13.5. The van der Waals surface area contributed by atoms with Crippen molar-refractivity contribution < 1.29 is 14.6 Å². The maximum Gasteiger partial charge on any atom is 0.310 e. The maximum absolute atomic E-state index is 11.3. The Morgan fingerprint density at radius 1 is 1.43 bits per heavy atom. The number of hydrogen-bond acceptors (Lipinski definition) is 3. The van der Waals surface area contributed by atoms with Gasteiger partial charge in [-0.1, -0.05) is 12.1 Å². The van der Waals surface area contributed by atoms with Crippen LogP contribution in [0.3, 0.4) is 0 Å². The molecule has 1 atom stereocenters. The van der Waals surface area contributed by atoms with E-state index in [1.165, 1.54) is 5.56 Å². The molecule has 21 heavy (non-hydrogen) atoms. The van der Waals surface area contributed by atoms with Gasteiger partial charge in [0.25, 0.3) is 0 Å². The van der Waals surface area contributed by atoms with Crippen LogP contribution in [0, 0.1) is 19.3 Å². The number of benzene rings is 1. The minimum absolute atomic E-state index is 0.597. The van der Waals surface area contributed by atoms with Crippen LogP contribution in [0.2, 0.25) is 0 Å². The fraction of sp³-hybridized carbons (Fsp3) is 0.588. The standard InChI is InChI=1S/C17H25NO3/c1-13-5-6-14(2)15(11-13)21-10-9-18-8-4-7-17(3,12-18)16(19)20/h5-6,11H,4,7-10,12H2,1-3H3,(H,19,20). The van der Waals surface area contributed by atoms with Crippen molar-refractivity contribution in [2.24, 2.45) is 5.41 Å². The maximum atomic E-state index is 11.3. The normalized spacial score (nSPS) is 23.0. The number of nitrogens with zero attached hydrogens (tertiary/aromatic N) is 1. The first kappa shape index (κ1) is 15.8. The van der Waals surface area contributed by atoms with Gasteiger partial charge >= 0.3 is 5.97 Å². The topological polar surface area (TPSA) is 49.8 Å². The molecule has 1 aromatic carbocycles. The highest BCUT2D eigenvalue weighted by Crippen LogP contribution is 2.29. The number of hydrogen-bond donors (Lipinski definition) is 1. The quantitative estimate of drug-likeness (QED) is 0.906. The first-order valence-corrected chi connectivity index (χ1v) is 7.56. The molecular weight excluding hydrogens is 266 g/mol. The van der Waals surface area contributed by atoms with Gasteiger partial charge < -0.3 is 9.84 Å². The summed E-state index contributed by atoms with van der Waals surface area (Å²) < 4.78 is 5.86. The number of carboxylic acid groups (broad SMARTS) is 1. The molecule has 1 heterocycles. The predicted octanol–water partition coefficient (Wildman–Crippen LogP) is 2.87. The zero-order valence-corrected chi connectivity index (χ0v) is 13.2. The van der Waals surface area contributed by atoms with E-state index in [1.54, 1.807) is 0 Å². The van der Waals surface area contributed by atoms with Crippen molar-refractivity contribution in [3.63, 3.8) is 0 Å². The van der Waals surface area contributed by atoms with Crippen LogP contribution in [0.4, 0.5) is 0 Å². The van der Waals surface area contributed by atoms with Gasteiger partial charge in [0, 0.05) is 13.1 Å². The average molecular weight is 291 g/mol. The Bertz CT molecular complexity index is 515. The summed E-state index contributed by atoms with van der Waals surface area (Å²) in [5.74, 6) is 0.232. The Morgan fingerprint density at radius 2 is 2.19 bits per heavy atom. The van der Waals surface area contributed by atoms with E-state index >= 15 is 0 Å². The summed E-state index contributed by atoms with van der Waals surface area (Å²) in [7, 11) is 0. The molecule has 0 aliphatic carbocycles. The van der Waals surface area contributed by atoms with Crippen LogP contribution in [0.5, 0.6) is 5.75 Å². The lowest BCUT2D eigenvalue weighted by Crippen LogP contribution is -2.47. The molecule has 2 rings (SSSR count). The lowest BCUT2D eigenvalue weighted by atomic mass is 9.82. The Morgan fingerprint density at radius 3 is 2.90 bits per heavy atom. The van der Waals surface area contributed by atoms with Crippen molar-refractivity contribution in [3.05, 3.63) is 29.3 Å². The van der Waals surface area contributed by atoms with E-state index in [0.29, 0.717) is 13.2 Å². The van der Waals surface area contributed by atoms with Crippen LogP contribution in [-0.2, 0) is 4.79 Å². The van der Waals surface area contributed by atoms with Crippen molar-refractivity contribution in [2.75, 3.05) is 26.2 Å². The summed E-state index contributed by atoms with van der Waals surface area (Å²) in [6, 6.07) is 6.19. The molecule has 1 unspecified atom stereocenters. The van der Waals surface area contributed by atoms with Crippen LogP contribution in [0.1, 0.15) is 30.9 Å². The highest BCUT2D eigenvalue weighted by atomic mass is 16.5. The van der Waals surface area contributed by atoms with E-state index in [1.807, 2.05) is 19.9 Å². The third-order valence-corrected chi connectivity index (χ3v) is 4.30. The largest absolute Gasteiger partial charge is 0.492 e. The number of carbonyl (C=O) groups is 1. The van der Waals surface area contributed by atoms with Crippen LogP contribution in [0.15, 0.2) is 18.2 Å². The molecule has 116 valence electrons. The number of likely N-dealkylation sites (tertiary alicyclic amines) is 1. The second-order valence-electron chi connectivity index (χ2n) is 6.36. The van der Waals surface area contributed by atoms with E-state index in [4.69, 9.17) is 4.74 Å². The van der Waals surface area contributed by atoms with Gasteiger partial charge in [0.1, 0.15) is 12.4 Å². The number of carboxylic acids is 1. The highest BCUT2D eigenvalue weighted by Gasteiger charge is 2.37. The third kappa shape index (κ3) is 3.97. The van der Waals surface area contributed by atoms with E-state index < -0.39 is 11.4 Å². The molecule has 1 aliphatic rings. The average Bonchev–Trinajstić information content (AvgIpc) is 2.43. The Kier molecular flexibility index (Phi) is 4.88. The van der Waals surface area contributed by atoms with Gasteiger partial charge in [-0.2, -0.15) is 0 Å². The summed E-state index contributed by atoms with van der Waals surface area (Å²) in [6.07, 6.45) is 1.70. The van der Waals surface area contributed by atoms with E-state index in [0.717, 1.165) is 37.2 Å². The first-order chi connectivity index (χ1) is 9.90. The summed E-state index contributed by atoms with van der Waals surface area (Å²) in [6.45, 7) is 8.87. The fourth-order valence-corrected chi connectivity index (χ4v) is 2.86. The molecule has 1 aromatic rings. The second kappa shape index (κ2) is 6.48. The van der Waals surface area contributed by atoms with E-state index in [-0.39, 0.29) is 0 Å². The highest BCUT2D eigenvalue weighted by molar-refractivity contribution is 5.74. The van der Waals surface area contributed by atoms with Crippen molar-refractivity contribution in [1.29, 1.82) is 0 Å². The summed E-state index contributed by atoms with van der Waals surface area (Å²) >= 11 is 0. The van der Waals surface area contributed by atoms with Crippen LogP contribution >= 0.6 is 0 Å². The molecule has 0 spiro atoms. The number of piperidine rings is 1. The van der Waals surface area contributed by atoms with Crippen LogP contribution in [0.25, 0.3) is 0 Å². The fourth-order valence-electron chi connectivity index (χ4n) is 2.86. The molecule has 1 aliphatic heterocycles. The van der Waals surface area contributed by atoms with Gasteiger partial charge in [-0.05, 0) is 57.4 Å². The van der Waals surface area contributed by atoms with Crippen molar-refractivity contribution in [1.82, 2.24) is 4.90 Å². The zero-order valence-electron chi connectivity index (χ0n) is 13.2. The van der Waals surface area contributed by atoms with Crippen LogP contribution < -0.4 is 4.74 Å². The summed E-state index contributed by atoms with van der Waals surface area (Å²) in [5, 5.41) is 9.33. The van der Waals surface area contributed by atoms with Crippen LogP contribution in [-0.4, -0.2) is 42.2 Å². The lowest BCUT2D eigenvalue weighted by Gasteiger charge is -2.37. The molecule has 0 bridgehead atoms. The molecule has 0 saturated carbocycles. The van der Waals surface area contributed by atoms with Gasteiger partial charge in [-0.15, -0.1) is 0 Å². The van der Waals surface area contributed by atoms with Gasteiger partial charge in [0.15, 0.2) is 0 Å². The number of aliphatic carboxylic acids is 1. The molecule has 4 nitrogen and oxygen atoms in total. The molecule has 1 N–H and O–H groups in total. The number of aryl methyl sites for hydroxylation is 2. The number of ether oxygens (including phenoxy) is 1. The molecule has 4 heteroatoms. The Hall–Kier alpha value is -1.55. The second-order valence-corrected chi connectivity index (χ2v) is 6.36. The van der Waals surface area contributed by atoms with Gasteiger partial charge in [-0.25, -0.2) is 0 Å². The molecular formula is C17H25NO3. The predicted molar refractivity (Wildman–Crippen MR) is 82.8 cm³/mol. The molecule has 0 aromatic heterocycles. The smallest absolute Gasteiger partial charge is 0.310 e. The minimum Gasteiger partial charge on any atom is -0.492 e. The SMILES string of the molecule is Cc1ccc(C)c(OCCN2CCCC(C)(C(=O)O)C2)c1. The zero-order chi connectivity index (χ0) is 15.5. The molecule has 1 saturated heterocycles. The minimum atomic E-state index is -0.692. The Labute approximate surface area is 126 Å². The number of rotatable bonds is 5. The van der Waals surface area contributed by atoms with Crippen molar-refractivity contribution in [2.45, 2.75) is 33.6 Å². The van der Waals surface area contributed by atoms with Gasteiger partial charge in [0.2, 0.25) is 0 Å². The van der Waals surface area contributed by atoms with Gasteiger partial charge in [-0.3, -0.25) is 9.69 Å². The van der Waals surface area contributed by atoms with Crippen molar-refractivity contribution >= 4 is 5.97 Å². The Balaban J connectivity index is 1.86. The first-order valence-electron chi connectivity index (χ1n) is 7.56. The van der Waals surface area contributed by atoms with Gasteiger partial charge in [0.05, 0.1) is 5.41 Å². The monoisotopic (exact) mass is 291 g/mol. The van der Waals surface area contributed by atoms with E-state index in [2.05, 4.69) is 24.0 Å². The van der Waals surface area contributed by atoms with E-state index in [9.17, 15) is 9.90 Å². The summed E-state index contributed by atoms with van der Waals surface area (Å²) in [5.41, 5.74) is 1.71.